The summed E-state index contributed by atoms with van der Waals surface area (Å²) in [6, 6.07) is 0. The molecule has 0 atom stereocenters. The Morgan fingerprint density at radius 3 is 3.00 bits per heavy atom. The maximum absolute atomic E-state index is 5.02. The zero-order chi connectivity index (χ0) is 6.69. The second-order valence-corrected chi connectivity index (χ2v) is 1.41. The van der Waals surface area contributed by atoms with Gasteiger partial charge < -0.3 is 0 Å². The standard InChI is InChI=1S/C6H5N3/c1-3-6-5-9(4-2)8-7-6/h1,4-5H,2H2. The van der Waals surface area contributed by atoms with Crippen molar-refractivity contribution in [3.8, 4) is 12.3 Å². The third-order valence-corrected chi connectivity index (χ3v) is 0.845. The monoisotopic (exact) mass is 119 g/mol. The highest BCUT2D eigenvalue weighted by Crippen LogP contribution is 1.87. The van der Waals surface area contributed by atoms with Crippen LogP contribution in [-0.2, 0) is 0 Å². The van der Waals surface area contributed by atoms with Crippen molar-refractivity contribution in [2.75, 3.05) is 0 Å². The first kappa shape index (κ1) is 5.57. The van der Waals surface area contributed by atoms with Crippen LogP contribution in [0.2, 0.25) is 0 Å². The molecule has 0 N–H and O–H groups in total. The van der Waals surface area contributed by atoms with Crippen molar-refractivity contribution < 1.29 is 0 Å². The number of hydrogen-bond acceptors (Lipinski definition) is 2. The molecular formula is C6H5N3. The van der Waals surface area contributed by atoms with E-state index >= 15 is 0 Å². The van der Waals surface area contributed by atoms with Gasteiger partial charge in [-0.2, -0.15) is 0 Å². The molecule has 0 unspecified atom stereocenters. The average Bonchev–Trinajstić information content (AvgIpc) is 2.34. The summed E-state index contributed by atoms with van der Waals surface area (Å²) in [5.74, 6) is 2.34. The molecule has 1 aromatic rings. The van der Waals surface area contributed by atoms with Gasteiger partial charge in [0.1, 0.15) is 0 Å². The Labute approximate surface area is 53.0 Å². The van der Waals surface area contributed by atoms with Crippen molar-refractivity contribution in [1.82, 2.24) is 15.0 Å². The lowest BCUT2D eigenvalue weighted by molar-refractivity contribution is 0.840. The summed E-state index contributed by atoms with van der Waals surface area (Å²) < 4.78 is 1.45. The Morgan fingerprint density at radius 2 is 2.67 bits per heavy atom. The Bertz CT molecular complexity index is 254. The van der Waals surface area contributed by atoms with E-state index in [9.17, 15) is 0 Å². The van der Waals surface area contributed by atoms with E-state index in [1.54, 1.807) is 6.20 Å². The topological polar surface area (TPSA) is 30.7 Å². The molecule has 0 aliphatic carbocycles. The van der Waals surface area contributed by atoms with E-state index in [-0.39, 0.29) is 0 Å². The molecule has 0 fully saturated rings. The van der Waals surface area contributed by atoms with Crippen molar-refractivity contribution in [1.29, 1.82) is 0 Å². The van der Waals surface area contributed by atoms with Gasteiger partial charge in [-0.3, -0.25) is 0 Å². The molecule has 3 heteroatoms. The Balaban J connectivity index is 3.03. The van der Waals surface area contributed by atoms with Crippen molar-refractivity contribution in [3.05, 3.63) is 18.5 Å². The van der Waals surface area contributed by atoms with Crippen molar-refractivity contribution in [3.63, 3.8) is 0 Å². The summed E-state index contributed by atoms with van der Waals surface area (Å²) in [7, 11) is 0. The number of aromatic nitrogens is 3. The van der Waals surface area contributed by atoms with Crippen LogP contribution in [-0.4, -0.2) is 15.0 Å². The zero-order valence-corrected chi connectivity index (χ0v) is 4.78. The summed E-state index contributed by atoms with van der Waals surface area (Å²) in [6.45, 7) is 3.47. The van der Waals surface area contributed by atoms with Crippen molar-refractivity contribution >= 4 is 6.20 Å². The lowest BCUT2D eigenvalue weighted by Crippen LogP contribution is -1.83. The molecule has 0 amide bonds. The van der Waals surface area contributed by atoms with Crippen LogP contribution in [0.25, 0.3) is 6.20 Å². The van der Waals surface area contributed by atoms with Gasteiger partial charge in [-0.1, -0.05) is 11.8 Å². The molecule has 1 rings (SSSR count). The molecule has 1 aromatic heterocycles. The molecule has 0 aromatic carbocycles. The average molecular weight is 119 g/mol. The second-order valence-electron chi connectivity index (χ2n) is 1.41. The largest absolute Gasteiger partial charge is 0.227 e. The molecule has 9 heavy (non-hydrogen) atoms. The quantitative estimate of drug-likeness (QED) is 0.500. The highest BCUT2D eigenvalue weighted by Gasteiger charge is 1.89. The summed E-state index contributed by atoms with van der Waals surface area (Å²) in [5, 5.41) is 7.22. The Morgan fingerprint density at radius 1 is 1.89 bits per heavy atom. The normalized spacial score (nSPS) is 8.33. The van der Waals surface area contributed by atoms with E-state index in [1.165, 1.54) is 10.9 Å². The minimum atomic E-state index is 0.523. The van der Waals surface area contributed by atoms with Gasteiger partial charge in [-0.25, -0.2) is 4.68 Å². The third kappa shape index (κ3) is 0.970. The van der Waals surface area contributed by atoms with Crippen LogP contribution in [0.1, 0.15) is 5.69 Å². The van der Waals surface area contributed by atoms with Gasteiger partial charge in [0.05, 0.1) is 6.20 Å². The Kier molecular flexibility index (Phi) is 1.32. The predicted molar refractivity (Wildman–Crippen MR) is 34.3 cm³/mol. The SMILES string of the molecule is C#Cc1cn(C=C)nn1. The van der Waals surface area contributed by atoms with Gasteiger partial charge in [-0.15, -0.1) is 11.5 Å². The molecule has 0 aliphatic heterocycles. The van der Waals surface area contributed by atoms with Crippen molar-refractivity contribution in [2.45, 2.75) is 0 Å². The van der Waals surface area contributed by atoms with E-state index in [1.807, 2.05) is 0 Å². The fourth-order valence-corrected chi connectivity index (χ4v) is 0.432. The zero-order valence-electron chi connectivity index (χ0n) is 4.78. The van der Waals surface area contributed by atoms with Crippen LogP contribution in [0, 0.1) is 12.3 Å². The predicted octanol–water partition coefficient (Wildman–Crippen LogP) is 0.360. The van der Waals surface area contributed by atoms with Gasteiger partial charge in [0.2, 0.25) is 0 Å². The molecule has 44 valence electrons. The molecule has 0 saturated carbocycles. The minimum Gasteiger partial charge on any atom is -0.227 e. The van der Waals surface area contributed by atoms with Crippen LogP contribution in [0.5, 0.6) is 0 Å². The summed E-state index contributed by atoms with van der Waals surface area (Å²) in [5.41, 5.74) is 0.523. The highest BCUT2D eigenvalue weighted by atomic mass is 15.4. The lowest BCUT2D eigenvalue weighted by atomic mass is 10.5. The van der Waals surface area contributed by atoms with E-state index in [0.29, 0.717) is 5.69 Å². The number of nitrogens with zero attached hydrogens (tertiary/aromatic N) is 3. The first-order valence-corrected chi connectivity index (χ1v) is 2.38. The first-order valence-electron chi connectivity index (χ1n) is 2.38. The van der Waals surface area contributed by atoms with Crippen LogP contribution in [0.15, 0.2) is 12.8 Å². The third-order valence-electron chi connectivity index (χ3n) is 0.845. The van der Waals surface area contributed by atoms with E-state index < -0.39 is 0 Å². The van der Waals surface area contributed by atoms with Crippen molar-refractivity contribution in [2.24, 2.45) is 0 Å². The summed E-state index contributed by atoms with van der Waals surface area (Å²) in [4.78, 5) is 0. The van der Waals surface area contributed by atoms with Gasteiger partial charge >= 0.3 is 0 Å². The Hall–Kier alpha value is -1.56. The van der Waals surface area contributed by atoms with E-state index in [4.69, 9.17) is 6.42 Å². The lowest BCUT2D eigenvalue weighted by Gasteiger charge is -1.78. The van der Waals surface area contributed by atoms with Crippen LogP contribution < -0.4 is 0 Å². The van der Waals surface area contributed by atoms with Crippen LogP contribution in [0.3, 0.4) is 0 Å². The number of terminal acetylenes is 1. The second kappa shape index (κ2) is 2.14. The maximum atomic E-state index is 5.02. The molecule has 3 nitrogen and oxygen atoms in total. The smallest absolute Gasteiger partial charge is 0.155 e. The van der Waals surface area contributed by atoms with Gasteiger partial charge in [0, 0.05) is 6.20 Å². The van der Waals surface area contributed by atoms with Gasteiger partial charge in [-0.05, 0) is 5.92 Å². The molecule has 0 spiro atoms. The van der Waals surface area contributed by atoms with Crippen LogP contribution >= 0.6 is 0 Å². The molecule has 0 radical (unpaired) electrons. The molecule has 0 saturated heterocycles. The van der Waals surface area contributed by atoms with Gasteiger partial charge in [0.15, 0.2) is 5.69 Å². The van der Waals surface area contributed by atoms with E-state index in [2.05, 4.69) is 22.8 Å². The number of rotatable bonds is 1. The molecule has 0 aliphatic rings. The first-order chi connectivity index (χ1) is 4.36. The van der Waals surface area contributed by atoms with Gasteiger partial charge in [0.25, 0.3) is 0 Å². The molecule has 1 heterocycles. The minimum absolute atomic E-state index is 0.523. The molecule has 0 bridgehead atoms. The maximum Gasteiger partial charge on any atom is 0.155 e. The van der Waals surface area contributed by atoms with E-state index in [0.717, 1.165) is 0 Å². The summed E-state index contributed by atoms with van der Waals surface area (Å²) in [6.07, 6.45) is 8.16. The van der Waals surface area contributed by atoms with Crippen LogP contribution in [0.4, 0.5) is 0 Å². The number of hydrogen-bond donors (Lipinski definition) is 0. The highest BCUT2D eigenvalue weighted by molar-refractivity contribution is 5.23. The fraction of sp³-hybridized carbons (Fsp3) is 0. The summed E-state index contributed by atoms with van der Waals surface area (Å²) >= 11 is 0. The molecular weight excluding hydrogens is 114 g/mol. The fourth-order valence-electron chi connectivity index (χ4n) is 0.432.